The Balaban J connectivity index is 1.98. The molecule has 3 aromatic rings. The van der Waals surface area contributed by atoms with E-state index in [1.54, 1.807) is 18.2 Å². The molecule has 0 aliphatic carbocycles. The molecule has 1 N–H and O–H groups in total. The van der Waals surface area contributed by atoms with E-state index in [1.807, 2.05) is 19.9 Å². The van der Waals surface area contributed by atoms with E-state index in [0.717, 1.165) is 16.0 Å². The molecule has 0 fully saturated rings. The third kappa shape index (κ3) is 6.66. The number of benzene rings is 3. The van der Waals surface area contributed by atoms with Crippen LogP contribution in [0.15, 0.2) is 60.7 Å². The van der Waals surface area contributed by atoms with E-state index in [1.165, 1.54) is 18.2 Å². The first-order valence-electron chi connectivity index (χ1n) is 10.4. The average Bonchev–Trinajstić information content (AvgIpc) is 2.76. The van der Waals surface area contributed by atoms with Crippen LogP contribution < -0.4 is 9.64 Å². The summed E-state index contributed by atoms with van der Waals surface area (Å²) in [7, 11) is 0. The van der Waals surface area contributed by atoms with Crippen LogP contribution in [-0.2, 0) is 12.7 Å². The molecule has 0 saturated heterocycles. The number of alkyl halides is 6. The van der Waals surface area contributed by atoms with Crippen molar-refractivity contribution in [3.05, 3.63) is 88.7 Å². The molecule has 3 nitrogen and oxygen atoms in total. The molecule has 0 spiro atoms. The van der Waals surface area contributed by atoms with Gasteiger partial charge in [-0.3, -0.25) is 0 Å². The fourth-order valence-corrected chi connectivity index (χ4v) is 3.36. The normalized spacial score (nSPS) is 13.0. The predicted octanol–water partition coefficient (Wildman–Crippen LogP) is 7.18. The molecular weight excluding hydrogens is 479 g/mol. The van der Waals surface area contributed by atoms with E-state index >= 15 is 0 Å². The van der Waals surface area contributed by atoms with Crippen molar-refractivity contribution >= 4 is 5.69 Å². The van der Waals surface area contributed by atoms with Gasteiger partial charge in [0.15, 0.2) is 6.10 Å². The van der Waals surface area contributed by atoms with Crippen LogP contribution in [0.25, 0.3) is 0 Å². The van der Waals surface area contributed by atoms with E-state index in [2.05, 4.69) is 0 Å². The van der Waals surface area contributed by atoms with Crippen molar-refractivity contribution in [3.63, 3.8) is 0 Å². The largest absolute Gasteiger partial charge is 0.457 e. The van der Waals surface area contributed by atoms with Crippen LogP contribution in [-0.4, -0.2) is 23.9 Å². The van der Waals surface area contributed by atoms with Gasteiger partial charge in [0.2, 0.25) is 0 Å². The van der Waals surface area contributed by atoms with Gasteiger partial charge in [-0.1, -0.05) is 18.2 Å². The van der Waals surface area contributed by atoms with Gasteiger partial charge in [-0.05, 0) is 61.4 Å². The Morgan fingerprint density at radius 3 is 2.26 bits per heavy atom. The maximum absolute atomic E-state index is 14.4. The van der Waals surface area contributed by atoms with Gasteiger partial charge in [0, 0.05) is 23.9 Å². The first-order chi connectivity index (χ1) is 16.3. The summed E-state index contributed by atoms with van der Waals surface area (Å²) < 4.78 is 98.8. The summed E-state index contributed by atoms with van der Waals surface area (Å²) in [6, 6.07) is 12.8. The highest BCUT2D eigenvalue weighted by molar-refractivity contribution is 5.53. The molecule has 3 rings (SSSR count). The van der Waals surface area contributed by atoms with Crippen LogP contribution in [0, 0.1) is 19.7 Å². The van der Waals surface area contributed by atoms with Crippen LogP contribution >= 0.6 is 0 Å². The van der Waals surface area contributed by atoms with Gasteiger partial charge in [0.25, 0.3) is 0 Å². The zero-order valence-electron chi connectivity index (χ0n) is 18.7. The molecule has 1 unspecified atom stereocenters. The quantitative estimate of drug-likeness (QED) is 0.348. The Kier molecular flexibility index (Phi) is 7.64. The van der Waals surface area contributed by atoms with Crippen LogP contribution in [0.5, 0.6) is 11.5 Å². The van der Waals surface area contributed by atoms with E-state index < -0.39 is 48.5 Å². The van der Waals surface area contributed by atoms with Crippen molar-refractivity contribution < 1.29 is 40.6 Å². The van der Waals surface area contributed by atoms with Gasteiger partial charge in [-0.2, -0.15) is 26.3 Å². The van der Waals surface area contributed by atoms with Crippen LogP contribution in [0.4, 0.5) is 36.4 Å². The number of halogens is 7. The number of aryl methyl sites for hydroxylation is 1. The van der Waals surface area contributed by atoms with Gasteiger partial charge in [0.1, 0.15) is 17.3 Å². The van der Waals surface area contributed by atoms with Crippen molar-refractivity contribution in [1.29, 1.82) is 0 Å². The monoisotopic (exact) mass is 501 g/mol. The molecule has 0 amide bonds. The number of nitrogens with zero attached hydrogens (tertiary/aromatic N) is 1. The van der Waals surface area contributed by atoms with E-state index in [9.17, 15) is 35.8 Å². The zero-order valence-corrected chi connectivity index (χ0v) is 18.7. The zero-order chi connectivity index (χ0) is 26.0. The number of anilines is 1. The lowest BCUT2D eigenvalue weighted by molar-refractivity contribution is -0.200. The van der Waals surface area contributed by atoms with Crippen molar-refractivity contribution in [2.45, 2.75) is 38.8 Å². The molecular formula is C25H22F7NO2. The van der Waals surface area contributed by atoms with Crippen LogP contribution in [0.1, 0.15) is 22.3 Å². The SMILES string of the molecule is Cc1cccc(Oc2cccc(N(Cc3cc(C(F)(F)F)ccc3F)CC(O)C(F)(F)F)c2)c1C. The van der Waals surface area contributed by atoms with E-state index in [4.69, 9.17) is 4.74 Å². The Morgan fingerprint density at radius 1 is 0.914 bits per heavy atom. The summed E-state index contributed by atoms with van der Waals surface area (Å²) in [6.45, 7) is 2.02. The summed E-state index contributed by atoms with van der Waals surface area (Å²) in [4.78, 5) is 0.951. The van der Waals surface area contributed by atoms with Crippen molar-refractivity contribution in [1.82, 2.24) is 0 Å². The number of aliphatic hydroxyl groups excluding tert-OH is 1. The molecule has 188 valence electrons. The van der Waals surface area contributed by atoms with E-state index in [-0.39, 0.29) is 11.4 Å². The second kappa shape index (κ2) is 10.2. The number of aliphatic hydroxyl groups is 1. The minimum Gasteiger partial charge on any atom is -0.457 e. The van der Waals surface area contributed by atoms with Gasteiger partial charge in [-0.25, -0.2) is 4.39 Å². The second-order valence-corrected chi connectivity index (χ2v) is 8.04. The summed E-state index contributed by atoms with van der Waals surface area (Å²) in [6.07, 6.45) is -12.6. The minimum absolute atomic E-state index is 0.0907. The molecule has 0 aliphatic rings. The topological polar surface area (TPSA) is 32.7 Å². The number of rotatable bonds is 7. The Labute approximate surface area is 197 Å². The first kappa shape index (κ1) is 26.3. The van der Waals surface area contributed by atoms with Crippen molar-refractivity contribution in [2.75, 3.05) is 11.4 Å². The maximum Gasteiger partial charge on any atom is 0.416 e. The molecule has 0 aromatic heterocycles. The summed E-state index contributed by atoms with van der Waals surface area (Å²) in [5.74, 6) is -0.271. The molecule has 0 saturated carbocycles. The third-order valence-electron chi connectivity index (χ3n) is 5.47. The molecule has 0 radical (unpaired) electrons. The van der Waals surface area contributed by atoms with Gasteiger partial charge < -0.3 is 14.7 Å². The lowest BCUT2D eigenvalue weighted by Crippen LogP contribution is -2.41. The Hall–Kier alpha value is -3.27. The first-order valence-corrected chi connectivity index (χ1v) is 10.4. The van der Waals surface area contributed by atoms with E-state index in [0.29, 0.717) is 23.9 Å². The minimum atomic E-state index is -4.99. The van der Waals surface area contributed by atoms with Crippen LogP contribution in [0.2, 0.25) is 0 Å². The fraction of sp³-hybridized carbons (Fsp3) is 0.280. The highest BCUT2D eigenvalue weighted by Crippen LogP contribution is 2.33. The Bertz CT molecular complexity index is 1180. The molecule has 1 atom stereocenters. The lowest BCUT2D eigenvalue weighted by atomic mass is 10.1. The highest BCUT2D eigenvalue weighted by Gasteiger charge is 2.39. The second-order valence-electron chi connectivity index (χ2n) is 8.04. The highest BCUT2D eigenvalue weighted by atomic mass is 19.4. The molecule has 0 aliphatic heterocycles. The molecule has 0 bridgehead atoms. The molecule has 3 aromatic carbocycles. The number of hydrogen-bond acceptors (Lipinski definition) is 3. The molecule has 35 heavy (non-hydrogen) atoms. The van der Waals surface area contributed by atoms with Gasteiger partial charge >= 0.3 is 12.4 Å². The average molecular weight is 501 g/mol. The lowest BCUT2D eigenvalue weighted by Gasteiger charge is -2.29. The standard InChI is InChI=1S/C25H22F7NO2/c1-15-5-3-8-22(16(15)2)35-20-7-4-6-19(12-20)33(14-23(34)25(30,31)32)13-17-11-18(24(27,28)29)9-10-21(17)26/h3-12,23,34H,13-14H2,1-2H3. The summed E-state index contributed by atoms with van der Waals surface area (Å²) in [5, 5.41) is 9.65. The maximum atomic E-state index is 14.4. The third-order valence-corrected chi connectivity index (χ3v) is 5.47. The fourth-order valence-electron chi connectivity index (χ4n) is 3.36. The van der Waals surface area contributed by atoms with Crippen molar-refractivity contribution in [2.24, 2.45) is 0 Å². The number of ether oxygens (including phenoxy) is 1. The summed E-state index contributed by atoms with van der Waals surface area (Å²) in [5.41, 5.74) is 0.266. The van der Waals surface area contributed by atoms with Gasteiger partial charge in [0.05, 0.1) is 12.1 Å². The Morgan fingerprint density at radius 2 is 1.60 bits per heavy atom. The van der Waals surface area contributed by atoms with Crippen LogP contribution in [0.3, 0.4) is 0 Å². The summed E-state index contributed by atoms with van der Waals surface area (Å²) >= 11 is 0. The molecule has 10 heteroatoms. The van der Waals surface area contributed by atoms with Crippen molar-refractivity contribution in [3.8, 4) is 11.5 Å². The predicted molar refractivity (Wildman–Crippen MR) is 117 cm³/mol. The van der Waals surface area contributed by atoms with Gasteiger partial charge in [-0.15, -0.1) is 0 Å². The smallest absolute Gasteiger partial charge is 0.416 e. The molecule has 0 heterocycles. The number of hydrogen-bond donors (Lipinski definition) is 1.